The minimum Gasteiger partial charge on any atom is -0.507 e. The third-order valence-corrected chi connectivity index (χ3v) is 10.5. The molecular weight excluding hydrogens is 665 g/mol. The van der Waals surface area contributed by atoms with Gasteiger partial charge in [-0.25, -0.2) is 0 Å². The normalized spacial score (nSPS) is 29.4. The number of alkyl halides is 3. The van der Waals surface area contributed by atoms with E-state index in [0.29, 0.717) is 21.6 Å². The highest BCUT2D eigenvalue weighted by molar-refractivity contribution is 6.32. The molecule has 264 valence electrons. The Balaban J connectivity index is 1.30. The highest BCUT2D eigenvalue weighted by Crippen LogP contribution is 2.51. The first-order valence-electron chi connectivity index (χ1n) is 15.9. The van der Waals surface area contributed by atoms with E-state index in [4.69, 9.17) is 5.73 Å². The lowest BCUT2D eigenvalue weighted by Gasteiger charge is -2.52. The molecule has 1 heterocycles. The van der Waals surface area contributed by atoms with Crippen LogP contribution in [0.4, 0.5) is 18.9 Å². The number of anilines is 1. The molecule has 13 nitrogen and oxygen atoms in total. The monoisotopic (exact) mass is 698 g/mol. The number of phenols is 1. The second-order valence-corrected chi connectivity index (χ2v) is 13.5. The molecule has 5 N–H and O–H groups in total. The Kier molecular flexibility index (Phi) is 8.46. The van der Waals surface area contributed by atoms with Crippen LogP contribution < -0.4 is 11.1 Å². The van der Waals surface area contributed by atoms with Gasteiger partial charge in [0.25, 0.3) is 0 Å². The first-order valence-corrected chi connectivity index (χ1v) is 15.9. The minimum absolute atomic E-state index is 0.0266. The van der Waals surface area contributed by atoms with Crippen molar-refractivity contribution in [2.45, 2.75) is 49.5 Å². The summed E-state index contributed by atoms with van der Waals surface area (Å²) in [4.78, 5) is 93.5. The third-order valence-electron chi connectivity index (χ3n) is 10.5. The molecule has 0 spiro atoms. The van der Waals surface area contributed by atoms with Crippen LogP contribution in [0.3, 0.4) is 0 Å². The van der Waals surface area contributed by atoms with Crippen LogP contribution in [0.1, 0.15) is 35.2 Å². The van der Waals surface area contributed by atoms with Crippen molar-refractivity contribution < 1.29 is 56.9 Å². The predicted molar refractivity (Wildman–Crippen MR) is 166 cm³/mol. The average molecular weight is 699 g/mol. The number of amides is 3. The highest BCUT2D eigenvalue weighted by atomic mass is 19.4. The number of benzene rings is 2. The number of Topliss-reactive ketones (excluding diaryl/α,β-unsaturated/α-hetero) is 4. The molecule has 50 heavy (non-hydrogen) atoms. The number of primary amides is 1. The van der Waals surface area contributed by atoms with Gasteiger partial charge in [0, 0.05) is 18.2 Å². The molecular formula is C34H33F3N4O9. The zero-order valence-electron chi connectivity index (χ0n) is 26.8. The quantitative estimate of drug-likeness (QED) is 0.327. The summed E-state index contributed by atoms with van der Waals surface area (Å²) >= 11 is 0. The average Bonchev–Trinajstić information content (AvgIpc) is 3.52. The Hall–Kier alpha value is -4.96. The van der Waals surface area contributed by atoms with Gasteiger partial charge in [0.1, 0.15) is 11.8 Å². The number of phenolic OH excluding ortho intramolecular Hbond substituents is 1. The molecule has 2 aromatic carbocycles. The lowest BCUT2D eigenvalue weighted by Crippen LogP contribution is -2.74. The van der Waals surface area contributed by atoms with Gasteiger partial charge in [0.05, 0.1) is 17.5 Å². The van der Waals surface area contributed by atoms with Crippen molar-refractivity contribution in [2.24, 2.45) is 29.4 Å². The van der Waals surface area contributed by atoms with Crippen molar-refractivity contribution in [1.82, 2.24) is 9.80 Å². The van der Waals surface area contributed by atoms with Gasteiger partial charge >= 0.3 is 12.1 Å². The smallest absolute Gasteiger partial charge is 0.471 e. The number of nitrogens with one attached hydrogen (secondary N) is 1. The molecule has 0 aromatic heterocycles. The number of nitrogens with zero attached hydrogens (tertiary/aromatic N) is 2. The number of hydrogen-bond donors (Lipinski definition) is 4. The van der Waals surface area contributed by atoms with Gasteiger partial charge in [-0.05, 0) is 80.6 Å². The minimum atomic E-state index is -5.12. The summed E-state index contributed by atoms with van der Waals surface area (Å²) in [6.45, 7) is -0.205. The van der Waals surface area contributed by atoms with E-state index in [-0.39, 0.29) is 43.5 Å². The zero-order chi connectivity index (χ0) is 36.6. The molecule has 2 aromatic rings. The molecule has 2 saturated carbocycles. The van der Waals surface area contributed by atoms with E-state index >= 15 is 0 Å². The zero-order valence-corrected chi connectivity index (χ0v) is 26.8. The lowest BCUT2D eigenvalue weighted by atomic mass is 9.52. The SMILES string of the molecule is CN(C)C1C(=O)C(C(N)=O)C(=O)C2(O)C(=O)C3C(=O)c4c(O)ccc(-c5ccc(NC(=O)C6CCCN6C(=O)C(F)(F)F)cc5)c4CC3CC12. The number of fused-ring (bicyclic) bond motifs is 3. The van der Waals surface area contributed by atoms with E-state index < -0.39 is 94.1 Å². The summed E-state index contributed by atoms with van der Waals surface area (Å²) in [7, 11) is 2.98. The van der Waals surface area contributed by atoms with Crippen LogP contribution in [-0.4, -0.2) is 105 Å². The number of nitrogens with two attached hydrogens (primary N) is 1. The Bertz CT molecular complexity index is 1860. The lowest BCUT2D eigenvalue weighted by molar-refractivity contribution is -0.186. The van der Waals surface area contributed by atoms with Crippen LogP contribution in [0.15, 0.2) is 36.4 Å². The largest absolute Gasteiger partial charge is 0.507 e. The van der Waals surface area contributed by atoms with E-state index in [1.54, 1.807) is 18.2 Å². The van der Waals surface area contributed by atoms with Gasteiger partial charge < -0.3 is 26.2 Å². The van der Waals surface area contributed by atoms with Gasteiger partial charge in [0.2, 0.25) is 11.8 Å². The summed E-state index contributed by atoms with van der Waals surface area (Å²) in [5, 5.41) is 25.1. The number of likely N-dealkylation sites (tertiary alicyclic amines) is 1. The predicted octanol–water partition coefficient (Wildman–Crippen LogP) is 1.03. The van der Waals surface area contributed by atoms with Crippen LogP contribution in [0.5, 0.6) is 5.75 Å². The van der Waals surface area contributed by atoms with Gasteiger partial charge in [-0.15, -0.1) is 0 Å². The second-order valence-electron chi connectivity index (χ2n) is 13.5. The Morgan fingerprint density at radius 2 is 1.68 bits per heavy atom. The van der Waals surface area contributed by atoms with Gasteiger partial charge in [0.15, 0.2) is 34.7 Å². The maximum Gasteiger partial charge on any atom is 0.471 e. The van der Waals surface area contributed by atoms with Gasteiger partial charge in [-0.3, -0.25) is 38.5 Å². The fourth-order valence-corrected chi connectivity index (χ4v) is 8.28. The van der Waals surface area contributed by atoms with Crippen LogP contribution >= 0.6 is 0 Å². The molecule has 16 heteroatoms. The summed E-state index contributed by atoms with van der Waals surface area (Å²) in [6.07, 6.45) is -4.93. The Morgan fingerprint density at radius 3 is 2.28 bits per heavy atom. The van der Waals surface area contributed by atoms with Gasteiger partial charge in [-0.1, -0.05) is 18.2 Å². The molecule has 3 amide bonds. The summed E-state index contributed by atoms with van der Waals surface area (Å²) in [5.41, 5.74) is 3.88. The number of halogens is 3. The fourth-order valence-electron chi connectivity index (χ4n) is 8.28. The van der Waals surface area contributed by atoms with E-state index in [1.165, 1.54) is 37.2 Å². The molecule has 1 aliphatic heterocycles. The molecule has 0 bridgehead atoms. The fraction of sp³-hybridized carbons (Fsp3) is 0.441. The molecule has 6 rings (SSSR count). The summed E-state index contributed by atoms with van der Waals surface area (Å²) < 4.78 is 39.1. The number of aliphatic hydroxyl groups is 1. The third kappa shape index (κ3) is 5.28. The van der Waals surface area contributed by atoms with E-state index in [1.807, 2.05) is 0 Å². The first-order chi connectivity index (χ1) is 23.4. The summed E-state index contributed by atoms with van der Waals surface area (Å²) in [5.74, 6) is -14.6. The number of carbonyl (C=O) groups is 7. The van der Waals surface area contributed by atoms with Crippen molar-refractivity contribution in [1.29, 1.82) is 0 Å². The topological polar surface area (TPSA) is 204 Å². The van der Waals surface area contributed by atoms with Crippen LogP contribution in [0.2, 0.25) is 0 Å². The van der Waals surface area contributed by atoms with Crippen LogP contribution in [-0.2, 0) is 35.2 Å². The van der Waals surface area contributed by atoms with Crippen molar-refractivity contribution >= 4 is 46.5 Å². The number of ketones is 4. The van der Waals surface area contributed by atoms with Gasteiger partial charge in [-0.2, -0.15) is 13.2 Å². The van der Waals surface area contributed by atoms with Crippen LogP contribution in [0, 0.1) is 23.7 Å². The molecule has 7 atom stereocenters. The number of hydrogen-bond acceptors (Lipinski definition) is 10. The molecule has 4 aliphatic rings. The number of aromatic hydroxyl groups is 1. The second kappa shape index (κ2) is 12.1. The Morgan fingerprint density at radius 1 is 1.02 bits per heavy atom. The first kappa shape index (κ1) is 34.9. The number of rotatable bonds is 5. The van der Waals surface area contributed by atoms with E-state index in [9.17, 15) is 56.9 Å². The standard InChI is InChI=1S/C34H33F3N4O9/c1-40(2)25-19-13-15-12-18-17(14-5-7-16(8-6-14)39-31(48)20-4-3-11-41(20)32(49)34(35,36)37)9-10-21(42)23(18)26(43)22(15)28(45)33(19,50)29(46)24(27(25)44)30(38)47/h5-10,15,19-20,22,24-25,42,50H,3-4,11-13H2,1-2H3,(H2,38,47)(H,39,48). The number of likely N-dealkylation sites (N-methyl/N-ethyl adjacent to an activating group) is 1. The highest BCUT2D eigenvalue weighted by Gasteiger charge is 2.69. The number of carbonyl (C=O) groups excluding carboxylic acids is 7. The molecule has 0 radical (unpaired) electrons. The van der Waals surface area contributed by atoms with E-state index in [0.717, 1.165) is 0 Å². The van der Waals surface area contributed by atoms with Crippen molar-refractivity contribution in [3.63, 3.8) is 0 Å². The maximum absolute atomic E-state index is 14.0. The molecule has 1 saturated heterocycles. The van der Waals surface area contributed by atoms with E-state index in [2.05, 4.69) is 5.32 Å². The summed E-state index contributed by atoms with van der Waals surface area (Å²) in [6, 6.07) is 6.34. The maximum atomic E-state index is 14.0. The van der Waals surface area contributed by atoms with Crippen molar-refractivity contribution in [2.75, 3.05) is 26.0 Å². The van der Waals surface area contributed by atoms with Crippen LogP contribution in [0.25, 0.3) is 11.1 Å². The molecule has 3 fully saturated rings. The van der Waals surface area contributed by atoms with Crippen molar-refractivity contribution in [3.05, 3.63) is 47.5 Å². The molecule has 7 unspecified atom stereocenters. The molecule has 3 aliphatic carbocycles. The Labute approximate surface area is 282 Å². The van der Waals surface area contributed by atoms with Crippen molar-refractivity contribution in [3.8, 4) is 16.9 Å².